The Morgan fingerprint density at radius 1 is 1.15 bits per heavy atom. The number of nitrogens with zero attached hydrogens (tertiary/aromatic N) is 2. The molecule has 0 unspecified atom stereocenters. The fraction of sp³-hybridized carbons (Fsp3) is 0.250. The molecular formula is C20H21N3O4. The summed E-state index contributed by atoms with van der Waals surface area (Å²) in [6.07, 6.45) is 0.589. The zero-order valence-corrected chi connectivity index (χ0v) is 15.3. The number of aryl methyl sites for hydroxylation is 1. The highest BCUT2D eigenvalue weighted by Gasteiger charge is 2.14. The van der Waals surface area contributed by atoms with Crippen molar-refractivity contribution in [3.05, 3.63) is 54.4 Å². The maximum Gasteiger partial charge on any atom is 0.227 e. The number of hydrogen-bond acceptors (Lipinski definition) is 6. The molecule has 27 heavy (non-hydrogen) atoms. The Balaban J connectivity index is 1.56. The molecule has 0 bridgehead atoms. The summed E-state index contributed by atoms with van der Waals surface area (Å²) in [5.41, 5.74) is 1.46. The molecule has 0 fully saturated rings. The molecule has 1 aromatic heterocycles. The number of methoxy groups -OCH3 is 1. The van der Waals surface area contributed by atoms with E-state index in [1.165, 1.54) is 0 Å². The van der Waals surface area contributed by atoms with E-state index in [0.717, 1.165) is 11.3 Å². The zero-order valence-electron chi connectivity index (χ0n) is 15.3. The lowest BCUT2D eigenvalue weighted by Gasteiger charge is -2.06. The third kappa shape index (κ3) is 4.84. The molecule has 3 aromatic rings. The number of para-hydroxylation sites is 1. The van der Waals surface area contributed by atoms with Crippen molar-refractivity contribution in [2.24, 2.45) is 0 Å². The highest BCUT2D eigenvalue weighted by molar-refractivity contribution is 5.90. The minimum Gasteiger partial charge on any atom is -0.496 e. The van der Waals surface area contributed by atoms with Gasteiger partial charge in [-0.3, -0.25) is 4.79 Å². The second-order valence-electron chi connectivity index (χ2n) is 5.72. The number of carbonyl (C=O) groups excluding carboxylic acids is 1. The Hall–Kier alpha value is -3.35. The quantitative estimate of drug-likeness (QED) is 0.653. The van der Waals surface area contributed by atoms with E-state index in [0.29, 0.717) is 36.2 Å². The van der Waals surface area contributed by atoms with Crippen molar-refractivity contribution in [3.8, 4) is 22.9 Å². The van der Waals surface area contributed by atoms with Crippen LogP contribution in [0.3, 0.4) is 0 Å². The van der Waals surface area contributed by atoms with Gasteiger partial charge in [0.05, 0.1) is 19.3 Å². The number of rotatable bonds is 8. The highest BCUT2D eigenvalue weighted by Crippen LogP contribution is 2.27. The number of nitrogens with one attached hydrogen (secondary N) is 1. The third-order valence-corrected chi connectivity index (χ3v) is 3.83. The largest absolute Gasteiger partial charge is 0.496 e. The van der Waals surface area contributed by atoms with Gasteiger partial charge in [-0.05, 0) is 43.3 Å². The van der Waals surface area contributed by atoms with Gasteiger partial charge in [0.2, 0.25) is 17.6 Å². The summed E-state index contributed by atoms with van der Waals surface area (Å²) in [4.78, 5) is 16.5. The Morgan fingerprint density at radius 3 is 2.67 bits per heavy atom. The van der Waals surface area contributed by atoms with Crippen LogP contribution in [-0.2, 0) is 11.2 Å². The SMILES string of the molecule is CCOc1ccc(NC(=O)CCc2nc(-c3ccccc3OC)no2)cc1. The molecule has 7 nitrogen and oxygen atoms in total. The van der Waals surface area contributed by atoms with Gasteiger partial charge in [0.25, 0.3) is 0 Å². The molecule has 1 heterocycles. The molecule has 0 aliphatic heterocycles. The first-order chi connectivity index (χ1) is 13.2. The summed E-state index contributed by atoms with van der Waals surface area (Å²) in [6.45, 7) is 2.53. The van der Waals surface area contributed by atoms with Crippen LogP contribution >= 0.6 is 0 Å². The molecule has 1 amide bonds. The van der Waals surface area contributed by atoms with Crippen molar-refractivity contribution in [1.29, 1.82) is 0 Å². The first kappa shape index (κ1) is 18.4. The molecule has 3 rings (SSSR count). The van der Waals surface area contributed by atoms with E-state index in [1.54, 1.807) is 19.2 Å². The summed E-state index contributed by atoms with van der Waals surface area (Å²) in [6, 6.07) is 14.7. The van der Waals surface area contributed by atoms with Gasteiger partial charge in [-0.25, -0.2) is 0 Å². The van der Waals surface area contributed by atoms with Crippen LogP contribution in [-0.4, -0.2) is 29.8 Å². The molecular weight excluding hydrogens is 346 g/mol. The molecule has 140 valence electrons. The molecule has 0 spiro atoms. The lowest BCUT2D eigenvalue weighted by Crippen LogP contribution is -2.12. The molecule has 0 radical (unpaired) electrons. The van der Waals surface area contributed by atoms with E-state index in [1.807, 2.05) is 43.3 Å². The monoisotopic (exact) mass is 367 g/mol. The van der Waals surface area contributed by atoms with E-state index in [9.17, 15) is 4.79 Å². The molecule has 0 saturated heterocycles. The van der Waals surface area contributed by atoms with Crippen LogP contribution in [0, 0.1) is 0 Å². The number of aromatic nitrogens is 2. The Labute approximate surface area is 157 Å². The molecule has 1 N–H and O–H groups in total. The van der Waals surface area contributed by atoms with Crippen LogP contribution in [0.2, 0.25) is 0 Å². The summed E-state index contributed by atoms with van der Waals surface area (Å²) in [5.74, 6) is 2.15. The van der Waals surface area contributed by atoms with E-state index < -0.39 is 0 Å². The topological polar surface area (TPSA) is 86.5 Å². The van der Waals surface area contributed by atoms with Crippen LogP contribution in [0.1, 0.15) is 19.2 Å². The normalized spacial score (nSPS) is 10.4. The Bertz CT molecular complexity index is 890. The predicted octanol–water partition coefficient (Wildman–Crippen LogP) is 3.72. The first-order valence-electron chi connectivity index (χ1n) is 8.68. The van der Waals surface area contributed by atoms with Crippen LogP contribution in [0.25, 0.3) is 11.4 Å². The van der Waals surface area contributed by atoms with Crippen molar-refractivity contribution >= 4 is 11.6 Å². The van der Waals surface area contributed by atoms with Gasteiger partial charge in [0.1, 0.15) is 11.5 Å². The van der Waals surface area contributed by atoms with Crippen molar-refractivity contribution in [2.75, 3.05) is 19.0 Å². The minimum atomic E-state index is -0.129. The Morgan fingerprint density at radius 2 is 1.93 bits per heavy atom. The van der Waals surface area contributed by atoms with Gasteiger partial charge in [0, 0.05) is 18.5 Å². The van der Waals surface area contributed by atoms with E-state index in [2.05, 4.69) is 15.5 Å². The highest BCUT2D eigenvalue weighted by atomic mass is 16.5. The summed E-state index contributed by atoms with van der Waals surface area (Å²) in [7, 11) is 1.59. The smallest absolute Gasteiger partial charge is 0.227 e. The lowest BCUT2D eigenvalue weighted by atomic mass is 10.2. The van der Waals surface area contributed by atoms with Crippen molar-refractivity contribution < 1.29 is 18.8 Å². The summed E-state index contributed by atoms with van der Waals surface area (Å²) in [5, 5.41) is 6.81. The fourth-order valence-electron chi connectivity index (χ4n) is 2.54. The van der Waals surface area contributed by atoms with Crippen LogP contribution in [0.5, 0.6) is 11.5 Å². The van der Waals surface area contributed by atoms with Crippen LogP contribution < -0.4 is 14.8 Å². The zero-order chi connectivity index (χ0) is 19.1. The predicted molar refractivity (Wildman–Crippen MR) is 101 cm³/mol. The van der Waals surface area contributed by atoms with Gasteiger partial charge in [0.15, 0.2) is 0 Å². The van der Waals surface area contributed by atoms with Gasteiger partial charge < -0.3 is 19.3 Å². The second-order valence-corrected chi connectivity index (χ2v) is 5.72. The standard InChI is InChI=1S/C20H21N3O4/c1-3-26-15-10-8-14(9-11-15)21-18(24)12-13-19-22-20(23-27-19)16-6-4-5-7-17(16)25-2/h4-11H,3,12-13H2,1-2H3,(H,21,24). The number of anilines is 1. The Kier molecular flexibility index (Phi) is 6.04. The number of hydrogen-bond donors (Lipinski definition) is 1. The van der Waals surface area contributed by atoms with Crippen molar-refractivity contribution in [1.82, 2.24) is 10.1 Å². The van der Waals surface area contributed by atoms with Gasteiger partial charge in [-0.1, -0.05) is 17.3 Å². The lowest BCUT2D eigenvalue weighted by molar-refractivity contribution is -0.116. The number of carbonyl (C=O) groups is 1. The molecule has 7 heteroatoms. The molecule has 2 aromatic carbocycles. The van der Waals surface area contributed by atoms with Crippen molar-refractivity contribution in [3.63, 3.8) is 0 Å². The van der Waals surface area contributed by atoms with E-state index in [4.69, 9.17) is 14.0 Å². The minimum absolute atomic E-state index is 0.129. The fourth-order valence-corrected chi connectivity index (χ4v) is 2.54. The maximum atomic E-state index is 12.1. The number of benzene rings is 2. The average Bonchev–Trinajstić information content (AvgIpc) is 3.17. The van der Waals surface area contributed by atoms with Crippen molar-refractivity contribution in [2.45, 2.75) is 19.8 Å². The molecule has 0 aliphatic rings. The van der Waals surface area contributed by atoms with Gasteiger partial charge in [-0.15, -0.1) is 0 Å². The molecule has 0 atom stereocenters. The van der Waals surface area contributed by atoms with Crippen LogP contribution in [0.15, 0.2) is 53.1 Å². The van der Waals surface area contributed by atoms with Gasteiger partial charge in [-0.2, -0.15) is 4.98 Å². The number of amides is 1. The van der Waals surface area contributed by atoms with E-state index in [-0.39, 0.29) is 12.3 Å². The van der Waals surface area contributed by atoms with Gasteiger partial charge >= 0.3 is 0 Å². The summed E-state index contributed by atoms with van der Waals surface area (Å²) < 4.78 is 15.9. The van der Waals surface area contributed by atoms with E-state index >= 15 is 0 Å². The summed E-state index contributed by atoms with van der Waals surface area (Å²) >= 11 is 0. The number of ether oxygens (including phenoxy) is 2. The molecule has 0 aliphatic carbocycles. The first-order valence-corrected chi connectivity index (χ1v) is 8.68. The average molecular weight is 367 g/mol. The second kappa shape index (κ2) is 8.84. The van der Waals surface area contributed by atoms with Crippen LogP contribution in [0.4, 0.5) is 5.69 Å². The maximum absolute atomic E-state index is 12.1. The molecule has 0 saturated carbocycles. The third-order valence-electron chi connectivity index (χ3n) is 3.83.